The number of amides is 1. The van der Waals surface area contributed by atoms with Gasteiger partial charge in [0.2, 0.25) is 5.91 Å². The molecule has 0 aromatic heterocycles. The third kappa shape index (κ3) is 3.03. The van der Waals surface area contributed by atoms with E-state index in [-0.39, 0.29) is 10.8 Å². The van der Waals surface area contributed by atoms with Gasteiger partial charge in [0.25, 0.3) is 10.0 Å². The van der Waals surface area contributed by atoms with E-state index in [1.54, 1.807) is 12.1 Å². The molecule has 0 spiro atoms. The molecule has 2 aliphatic heterocycles. The predicted octanol–water partition coefficient (Wildman–Crippen LogP) is 1.85. The molecule has 1 N–H and O–H groups in total. The number of benzene rings is 1. The average Bonchev–Trinajstić information content (AvgIpc) is 2.79. The van der Waals surface area contributed by atoms with E-state index < -0.39 is 10.0 Å². The standard InChI is InChI=1S/C16H22N2O3S/c19-16-4-2-12-18(16)22(20,21)15-7-5-14(6-8-15)13-3-1-10-17-11-9-13/h5-8,13,17H,1-4,9-12H2. The van der Waals surface area contributed by atoms with Crippen molar-refractivity contribution in [3.63, 3.8) is 0 Å². The molecule has 1 amide bonds. The van der Waals surface area contributed by atoms with E-state index in [2.05, 4.69) is 5.32 Å². The van der Waals surface area contributed by atoms with Gasteiger partial charge in [-0.25, -0.2) is 12.7 Å². The average molecular weight is 322 g/mol. The van der Waals surface area contributed by atoms with Crippen molar-refractivity contribution in [2.45, 2.75) is 42.9 Å². The van der Waals surface area contributed by atoms with Crippen molar-refractivity contribution in [1.82, 2.24) is 9.62 Å². The fraction of sp³-hybridized carbons (Fsp3) is 0.562. The quantitative estimate of drug-likeness (QED) is 0.922. The highest BCUT2D eigenvalue weighted by Crippen LogP contribution is 2.28. The normalized spacial score (nSPS) is 23.5. The first-order valence-electron chi connectivity index (χ1n) is 7.95. The van der Waals surface area contributed by atoms with Gasteiger partial charge in [-0.2, -0.15) is 0 Å². The van der Waals surface area contributed by atoms with E-state index in [0.29, 0.717) is 25.3 Å². The van der Waals surface area contributed by atoms with E-state index >= 15 is 0 Å². The Kier molecular flexibility index (Phi) is 4.49. The van der Waals surface area contributed by atoms with Crippen molar-refractivity contribution < 1.29 is 13.2 Å². The Bertz CT molecular complexity index is 632. The number of hydrogen-bond donors (Lipinski definition) is 1. The summed E-state index contributed by atoms with van der Waals surface area (Å²) in [6.45, 7) is 2.37. The first-order chi connectivity index (χ1) is 10.6. The summed E-state index contributed by atoms with van der Waals surface area (Å²) in [5, 5.41) is 3.38. The van der Waals surface area contributed by atoms with Crippen LogP contribution in [0.15, 0.2) is 29.2 Å². The summed E-state index contributed by atoms with van der Waals surface area (Å²) in [7, 11) is -3.67. The van der Waals surface area contributed by atoms with E-state index in [9.17, 15) is 13.2 Å². The summed E-state index contributed by atoms with van der Waals surface area (Å²) in [6.07, 6.45) is 4.30. The minimum absolute atomic E-state index is 0.221. The Hall–Kier alpha value is -1.40. The van der Waals surface area contributed by atoms with Gasteiger partial charge in [0.15, 0.2) is 0 Å². The van der Waals surface area contributed by atoms with Crippen LogP contribution in [0, 0.1) is 0 Å². The highest BCUT2D eigenvalue weighted by atomic mass is 32.2. The van der Waals surface area contributed by atoms with Crippen molar-refractivity contribution in [2.75, 3.05) is 19.6 Å². The van der Waals surface area contributed by atoms with Crippen molar-refractivity contribution >= 4 is 15.9 Å². The van der Waals surface area contributed by atoms with Gasteiger partial charge in [-0.3, -0.25) is 4.79 Å². The van der Waals surface area contributed by atoms with E-state index in [1.807, 2.05) is 12.1 Å². The second kappa shape index (κ2) is 6.38. The van der Waals surface area contributed by atoms with Crippen LogP contribution >= 0.6 is 0 Å². The van der Waals surface area contributed by atoms with E-state index in [0.717, 1.165) is 36.7 Å². The van der Waals surface area contributed by atoms with Gasteiger partial charge in [0, 0.05) is 13.0 Å². The van der Waals surface area contributed by atoms with Gasteiger partial charge < -0.3 is 5.32 Å². The molecular weight excluding hydrogens is 300 g/mol. The fourth-order valence-corrected chi connectivity index (χ4v) is 4.73. The van der Waals surface area contributed by atoms with Crippen LogP contribution < -0.4 is 5.32 Å². The van der Waals surface area contributed by atoms with Gasteiger partial charge in [-0.15, -0.1) is 0 Å². The molecule has 2 saturated heterocycles. The zero-order valence-electron chi connectivity index (χ0n) is 12.6. The third-order valence-corrected chi connectivity index (χ3v) is 6.38. The van der Waals surface area contributed by atoms with Gasteiger partial charge in [0.1, 0.15) is 0 Å². The Morgan fingerprint density at radius 3 is 2.50 bits per heavy atom. The molecular formula is C16H22N2O3S. The summed E-state index contributed by atoms with van der Waals surface area (Å²) < 4.78 is 26.0. The zero-order valence-corrected chi connectivity index (χ0v) is 13.4. The van der Waals surface area contributed by atoms with Crippen molar-refractivity contribution in [3.8, 4) is 0 Å². The summed E-state index contributed by atoms with van der Waals surface area (Å²) >= 11 is 0. The molecule has 5 nitrogen and oxygen atoms in total. The molecule has 2 heterocycles. The monoisotopic (exact) mass is 322 g/mol. The highest BCUT2D eigenvalue weighted by molar-refractivity contribution is 7.89. The van der Waals surface area contributed by atoms with Crippen LogP contribution in [0.2, 0.25) is 0 Å². The molecule has 0 saturated carbocycles. The van der Waals surface area contributed by atoms with Crippen LogP contribution in [-0.4, -0.2) is 38.3 Å². The first kappa shape index (κ1) is 15.5. The molecule has 1 atom stereocenters. The van der Waals surface area contributed by atoms with Crippen LogP contribution in [0.4, 0.5) is 0 Å². The molecule has 120 valence electrons. The number of carbonyl (C=O) groups excluding carboxylic acids is 1. The number of nitrogens with one attached hydrogen (secondary N) is 1. The summed E-state index contributed by atoms with van der Waals surface area (Å²) in [4.78, 5) is 11.9. The van der Waals surface area contributed by atoms with Crippen LogP contribution in [0.1, 0.15) is 43.6 Å². The largest absolute Gasteiger partial charge is 0.317 e. The molecule has 1 unspecified atom stereocenters. The van der Waals surface area contributed by atoms with Crippen LogP contribution in [0.25, 0.3) is 0 Å². The fourth-order valence-electron chi connectivity index (χ4n) is 3.27. The van der Waals surface area contributed by atoms with Crippen molar-refractivity contribution in [2.24, 2.45) is 0 Å². The summed E-state index contributed by atoms with van der Waals surface area (Å²) in [5.74, 6) is 0.194. The van der Waals surface area contributed by atoms with E-state index in [1.165, 1.54) is 5.56 Å². The number of rotatable bonds is 3. The molecule has 0 aliphatic carbocycles. The van der Waals surface area contributed by atoms with Gasteiger partial charge in [-0.05, 0) is 62.4 Å². The molecule has 0 bridgehead atoms. The maximum atomic E-state index is 12.5. The van der Waals surface area contributed by atoms with Crippen molar-refractivity contribution in [1.29, 1.82) is 0 Å². The Labute approximate surface area is 131 Å². The molecule has 2 fully saturated rings. The minimum atomic E-state index is -3.67. The summed E-state index contributed by atoms with van der Waals surface area (Å²) in [5.41, 5.74) is 1.19. The first-order valence-corrected chi connectivity index (χ1v) is 9.39. The van der Waals surface area contributed by atoms with Crippen LogP contribution in [0.3, 0.4) is 0 Å². The number of nitrogens with zero attached hydrogens (tertiary/aromatic N) is 1. The molecule has 6 heteroatoms. The second-order valence-corrected chi connectivity index (χ2v) is 7.88. The van der Waals surface area contributed by atoms with Crippen LogP contribution in [0.5, 0.6) is 0 Å². The molecule has 22 heavy (non-hydrogen) atoms. The highest BCUT2D eigenvalue weighted by Gasteiger charge is 2.32. The molecule has 0 radical (unpaired) electrons. The number of carbonyl (C=O) groups is 1. The number of sulfonamides is 1. The lowest BCUT2D eigenvalue weighted by Crippen LogP contribution is -2.31. The summed E-state index contributed by atoms with van der Waals surface area (Å²) in [6, 6.07) is 7.11. The lowest BCUT2D eigenvalue weighted by Gasteiger charge is -2.18. The molecule has 3 rings (SSSR count). The second-order valence-electron chi connectivity index (χ2n) is 6.02. The van der Waals surface area contributed by atoms with E-state index in [4.69, 9.17) is 0 Å². The molecule has 1 aromatic carbocycles. The third-order valence-electron chi connectivity index (χ3n) is 4.55. The molecule has 1 aromatic rings. The van der Waals surface area contributed by atoms with Gasteiger partial charge in [-0.1, -0.05) is 12.1 Å². The lowest BCUT2D eigenvalue weighted by atomic mass is 9.92. The predicted molar refractivity (Wildman–Crippen MR) is 84.0 cm³/mol. The van der Waals surface area contributed by atoms with Crippen molar-refractivity contribution in [3.05, 3.63) is 29.8 Å². The SMILES string of the molecule is O=C1CCCN1S(=O)(=O)c1ccc(C2CCCNCC2)cc1. The maximum Gasteiger partial charge on any atom is 0.266 e. The zero-order chi connectivity index (χ0) is 15.6. The Balaban J connectivity index is 1.80. The van der Waals surface area contributed by atoms with Gasteiger partial charge in [0.05, 0.1) is 4.90 Å². The Morgan fingerprint density at radius 1 is 1.05 bits per heavy atom. The van der Waals surface area contributed by atoms with Crippen LogP contribution in [-0.2, 0) is 14.8 Å². The lowest BCUT2D eigenvalue weighted by molar-refractivity contribution is -0.123. The smallest absolute Gasteiger partial charge is 0.266 e. The minimum Gasteiger partial charge on any atom is -0.317 e. The maximum absolute atomic E-state index is 12.5. The number of hydrogen-bond acceptors (Lipinski definition) is 4. The molecule has 2 aliphatic rings. The van der Waals surface area contributed by atoms with Gasteiger partial charge >= 0.3 is 0 Å². The topological polar surface area (TPSA) is 66.5 Å². The Morgan fingerprint density at radius 2 is 1.82 bits per heavy atom.